The molecular formula is C12H10BrF7N2O. The number of ether oxygens (including phenoxy) is 1. The second kappa shape index (κ2) is 6.93. The molecular weight excluding hydrogens is 401 g/mol. The van der Waals surface area contributed by atoms with Crippen molar-refractivity contribution in [3.63, 3.8) is 0 Å². The predicted molar refractivity (Wildman–Crippen MR) is 72.0 cm³/mol. The van der Waals surface area contributed by atoms with Gasteiger partial charge in [0.15, 0.2) is 0 Å². The van der Waals surface area contributed by atoms with Gasteiger partial charge in [0.2, 0.25) is 0 Å². The summed E-state index contributed by atoms with van der Waals surface area (Å²) in [7, 11) is 0. The van der Waals surface area contributed by atoms with Gasteiger partial charge in [-0.2, -0.15) is 35.8 Å². The lowest BCUT2D eigenvalue weighted by molar-refractivity contribution is -0.361. The Morgan fingerprint density at radius 2 is 1.78 bits per heavy atom. The van der Waals surface area contributed by atoms with Crippen molar-refractivity contribution >= 4 is 22.1 Å². The maximum atomic E-state index is 12.9. The summed E-state index contributed by atoms with van der Waals surface area (Å²) >= 11 is 3.11. The van der Waals surface area contributed by atoms with Gasteiger partial charge in [-0.3, -0.25) is 0 Å². The Balaban J connectivity index is 2.85. The molecule has 0 saturated carbocycles. The van der Waals surface area contributed by atoms with Gasteiger partial charge in [0.1, 0.15) is 5.75 Å². The summed E-state index contributed by atoms with van der Waals surface area (Å²) in [6.45, 7) is 2.10. The number of hydrazone groups is 1. The lowest BCUT2D eigenvalue weighted by Gasteiger charge is -2.27. The summed E-state index contributed by atoms with van der Waals surface area (Å²) < 4.78 is 92.4. The lowest BCUT2D eigenvalue weighted by atomic mass is 10.2. The van der Waals surface area contributed by atoms with Crippen LogP contribution in [0.25, 0.3) is 0 Å². The molecule has 0 unspecified atom stereocenters. The van der Waals surface area contributed by atoms with Crippen LogP contribution in [0.2, 0.25) is 0 Å². The fourth-order valence-corrected chi connectivity index (χ4v) is 1.82. The van der Waals surface area contributed by atoms with Crippen molar-refractivity contribution in [3.05, 3.63) is 28.2 Å². The third-order valence-corrected chi connectivity index (χ3v) is 3.04. The van der Waals surface area contributed by atoms with E-state index in [1.54, 1.807) is 6.92 Å². The average molecular weight is 411 g/mol. The van der Waals surface area contributed by atoms with E-state index in [0.717, 1.165) is 0 Å². The second-order valence-corrected chi connectivity index (χ2v) is 4.99. The number of benzene rings is 1. The van der Waals surface area contributed by atoms with Gasteiger partial charge in [-0.05, 0) is 46.6 Å². The molecule has 1 aromatic carbocycles. The molecule has 0 aliphatic heterocycles. The summed E-state index contributed by atoms with van der Waals surface area (Å²) in [5.41, 5.74) is 0.699. The molecule has 0 amide bonds. The van der Waals surface area contributed by atoms with Crippen LogP contribution in [0.1, 0.15) is 12.5 Å². The highest BCUT2D eigenvalue weighted by Crippen LogP contribution is 2.44. The molecule has 0 atom stereocenters. The van der Waals surface area contributed by atoms with Crippen LogP contribution in [0.3, 0.4) is 0 Å². The molecule has 1 rings (SSSR count). The SMILES string of the molecule is CCOc1ccc(/C=N/NC(F)(F)C(F)(F)C(F)(F)F)cc1Br. The molecule has 0 heterocycles. The number of halogens is 8. The lowest BCUT2D eigenvalue weighted by Crippen LogP contribution is -2.58. The molecule has 1 aromatic rings. The van der Waals surface area contributed by atoms with Gasteiger partial charge in [0.25, 0.3) is 0 Å². The molecule has 23 heavy (non-hydrogen) atoms. The largest absolute Gasteiger partial charge is 0.493 e. The zero-order valence-corrected chi connectivity index (χ0v) is 13.0. The Morgan fingerprint density at radius 3 is 2.26 bits per heavy atom. The van der Waals surface area contributed by atoms with Crippen LogP contribution in [-0.4, -0.2) is 31.0 Å². The van der Waals surface area contributed by atoms with E-state index in [4.69, 9.17) is 4.74 Å². The Bertz CT molecular complexity index is 575. The highest BCUT2D eigenvalue weighted by molar-refractivity contribution is 9.10. The van der Waals surface area contributed by atoms with Gasteiger partial charge in [-0.1, -0.05) is 0 Å². The highest BCUT2D eigenvalue weighted by atomic mass is 79.9. The van der Waals surface area contributed by atoms with Crippen LogP contribution in [0.5, 0.6) is 5.75 Å². The highest BCUT2D eigenvalue weighted by Gasteiger charge is 2.73. The average Bonchev–Trinajstić information content (AvgIpc) is 2.40. The smallest absolute Gasteiger partial charge is 0.462 e. The van der Waals surface area contributed by atoms with E-state index < -0.39 is 18.1 Å². The number of alkyl halides is 7. The van der Waals surface area contributed by atoms with E-state index in [0.29, 0.717) is 28.5 Å². The van der Waals surface area contributed by atoms with Crippen molar-refractivity contribution in [2.45, 2.75) is 25.1 Å². The molecule has 0 radical (unpaired) electrons. The van der Waals surface area contributed by atoms with E-state index in [1.165, 1.54) is 18.2 Å². The first-order valence-electron chi connectivity index (χ1n) is 5.97. The van der Waals surface area contributed by atoms with Crippen LogP contribution in [0.4, 0.5) is 30.7 Å². The molecule has 3 nitrogen and oxygen atoms in total. The first-order chi connectivity index (χ1) is 10.4. The van der Waals surface area contributed by atoms with Crippen LogP contribution in [0.15, 0.2) is 27.8 Å². The van der Waals surface area contributed by atoms with Crippen molar-refractivity contribution in [1.29, 1.82) is 0 Å². The molecule has 1 N–H and O–H groups in total. The van der Waals surface area contributed by atoms with Gasteiger partial charge >= 0.3 is 18.1 Å². The molecule has 130 valence electrons. The first kappa shape index (κ1) is 19.5. The number of hydrogen-bond acceptors (Lipinski definition) is 3. The maximum Gasteiger partial charge on any atom is 0.462 e. The number of nitrogens with one attached hydrogen (secondary N) is 1. The topological polar surface area (TPSA) is 33.6 Å². The van der Waals surface area contributed by atoms with Crippen molar-refractivity contribution in [3.8, 4) is 5.75 Å². The van der Waals surface area contributed by atoms with Crippen molar-refractivity contribution in [2.75, 3.05) is 6.61 Å². The van der Waals surface area contributed by atoms with Crippen LogP contribution >= 0.6 is 15.9 Å². The third kappa shape index (κ3) is 4.49. The standard InChI is InChI=1S/C12H10BrF7N2O/c1-2-23-9-4-3-7(5-8(9)13)6-21-22-12(19,20)10(14,15)11(16,17)18/h3-6,22H,2H2,1H3/b21-6+. The first-order valence-corrected chi connectivity index (χ1v) is 6.76. The maximum absolute atomic E-state index is 12.9. The Morgan fingerprint density at radius 1 is 1.17 bits per heavy atom. The molecule has 0 aliphatic rings. The molecule has 0 saturated heterocycles. The van der Waals surface area contributed by atoms with Crippen molar-refractivity contribution < 1.29 is 35.5 Å². The Hall–Kier alpha value is -1.52. The van der Waals surface area contributed by atoms with Gasteiger partial charge in [0.05, 0.1) is 17.3 Å². The zero-order valence-electron chi connectivity index (χ0n) is 11.4. The molecule has 0 spiro atoms. The summed E-state index contributed by atoms with van der Waals surface area (Å²) in [6.07, 6.45) is -5.75. The quantitative estimate of drug-likeness (QED) is 0.322. The van der Waals surface area contributed by atoms with Crippen LogP contribution < -0.4 is 10.2 Å². The number of nitrogens with zero attached hydrogens (tertiary/aromatic N) is 1. The van der Waals surface area contributed by atoms with E-state index in [2.05, 4.69) is 21.0 Å². The molecule has 0 fully saturated rings. The predicted octanol–water partition coefficient (Wildman–Crippen LogP) is 4.56. The van der Waals surface area contributed by atoms with Gasteiger partial charge in [-0.15, -0.1) is 0 Å². The van der Waals surface area contributed by atoms with Gasteiger partial charge in [-0.25, -0.2) is 5.43 Å². The molecule has 11 heteroatoms. The number of rotatable bonds is 6. The minimum atomic E-state index is -6.42. The summed E-state index contributed by atoms with van der Waals surface area (Å²) in [6, 6.07) is -1.45. The van der Waals surface area contributed by atoms with E-state index in [1.807, 2.05) is 0 Å². The van der Waals surface area contributed by atoms with Gasteiger partial charge in [0, 0.05) is 0 Å². The Labute approximate surface area is 134 Å². The van der Waals surface area contributed by atoms with Crippen LogP contribution in [0, 0.1) is 0 Å². The van der Waals surface area contributed by atoms with E-state index >= 15 is 0 Å². The van der Waals surface area contributed by atoms with E-state index in [9.17, 15) is 30.7 Å². The number of hydrogen-bond donors (Lipinski definition) is 1. The minimum absolute atomic E-state index is 0.166. The fraction of sp³-hybridized carbons (Fsp3) is 0.417. The molecule has 0 aromatic heterocycles. The van der Waals surface area contributed by atoms with Crippen molar-refractivity contribution in [1.82, 2.24) is 5.43 Å². The van der Waals surface area contributed by atoms with Gasteiger partial charge < -0.3 is 4.74 Å². The monoisotopic (exact) mass is 410 g/mol. The van der Waals surface area contributed by atoms with Crippen LogP contribution in [-0.2, 0) is 0 Å². The fourth-order valence-electron chi connectivity index (χ4n) is 1.31. The van der Waals surface area contributed by atoms with Crippen molar-refractivity contribution in [2.24, 2.45) is 5.10 Å². The third-order valence-electron chi connectivity index (χ3n) is 2.42. The molecule has 0 bridgehead atoms. The zero-order chi connectivity index (χ0) is 17.9. The summed E-state index contributed by atoms with van der Waals surface area (Å²) in [5, 5.41) is 2.74. The minimum Gasteiger partial charge on any atom is -0.493 e. The Kier molecular flexibility index (Phi) is 5.89. The summed E-state index contributed by atoms with van der Waals surface area (Å²) in [5.74, 6) is -5.83. The van der Waals surface area contributed by atoms with E-state index in [-0.39, 0.29) is 5.56 Å². The summed E-state index contributed by atoms with van der Waals surface area (Å²) in [4.78, 5) is 0. The second-order valence-electron chi connectivity index (χ2n) is 4.14. The normalized spacial score (nSPS) is 13.4. The molecule has 0 aliphatic carbocycles.